The fourth-order valence-corrected chi connectivity index (χ4v) is 2.73. The number of nitrogens with zero attached hydrogens (tertiary/aromatic N) is 1. The summed E-state index contributed by atoms with van der Waals surface area (Å²) in [5, 5.41) is 0. The molecule has 0 aliphatic carbocycles. The Labute approximate surface area is 85.6 Å². The maximum atomic E-state index is 12.0. The quantitative estimate of drug-likeness (QED) is 0.719. The van der Waals surface area contributed by atoms with Crippen molar-refractivity contribution in [3.8, 4) is 0 Å². The minimum absolute atomic E-state index is 0.185. The molecule has 2 fully saturated rings. The smallest absolute Gasteiger partial charge is 0.240 e. The van der Waals surface area contributed by atoms with E-state index in [1.54, 1.807) is 0 Å². The molecule has 0 aromatic heterocycles. The normalized spacial score (nSPS) is 32.7. The van der Waals surface area contributed by atoms with Gasteiger partial charge in [-0.25, -0.2) is 0 Å². The summed E-state index contributed by atoms with van der Waals surface area (Å²) in [6.45, 7) is 4.03. The summed E-state index contributed by atoms with van der Waals surface area (Å²) in [4.78, 5) is 14.1. The summed E-state index contributed by atoms with van der Waals surface area (Å²) < 4.78 is 0. The summed E-state index contributed by atoms with van der Waals surface area (Å²) in [6, 6.07) is 0.728. The standard InChI is InChI=1S/C11H20N2O/c1-7(2)10(12)11(14)13-8-3-4-9(13)6-5-8/h7-10H,3-6,12H2,1-2H3/t8?,9?,10-/m1/s1. The Bertz CT molecular complexity index is 219. The number of amides is 1. The molecule has 2 aliphatic rings. The van der Waals surface area contributed by atoms with Crippen LogP contribution in [0, 0.1) is 5.92 Å². The van der Waals surface area contributed by atoms with Crippen molar-refractivity contribution in [2.24, 2.45) is 11.7 Å². The van der Waals surface area contributed by atoms with Gasteiger partial charge in [-0.3, -0.25) is 4.79 Å². The third-order valence-corrected chi connectivity index (χ3v) is 3.71. The first kappa shape index (κ1) is 9.97. The van der Waals surface area contributed by atoms with Crippen LogP contribution in [0.15, 0.2) is 0 Å². The minimum Gasteiger partial charge on any atom is -0.335 e. The predicted molar refractivity (Wildman–Crippen MR) is 55.7 cm³/mol. The molecule has 2 N–H and O–H groups in total. The third-order valence-electron chi connectivity index (χ3n) is 3.71. The van der Waals surface area contributed by atoms with Crippen molar-refractivity contribution < 1.29 is 4.79 Å². The largest absolute Gasteiger partial charge is 0.335 e. The van der Waals surface area contributed by atoms with Crippen LogP contribution < -0.4 is 5.73 Å². The van der Waals surface area contributed by atoms with Crippen LogP contribution >= 0.6 is 0 Å². The van der Waals surface area contributed by atoms with Gasteiger partial charge in [-0.2, -0.15) is 0 Å². The molecule has 2 bridgehead atoms. The first-order valence-electron chi connectivity index (χ1n) is 5.69. The lowest BCUT2D eigenvalue weighted by molar-refractivity contribution is -0.134. The molecule has 1 amide bonds. The first-order chi connectivity index (χ1) is 6.61. The zero-order valence-corrected chi connectivity index (χ0v) is 9.07. The number of nitrogens with two attached hydrogens (primary N) is 1. The van der Waals surface area contributed by atoms with E-state index in [1.165, 1.54) is 25.7 Å². The fraction of sp³-hybridized carbons (Fsp3) is 0.909. The molecular weight excluding hydrogens is 176 g/mol. The van der Waals surface area contributed by atoms with E-state index >= 15 is 0 Å². The summed E-state index contributed by atoms with van der Waals surface area (Å²) in [7, 11) is 0. The number of hydrogen-bond acceptors (Lipinski definition) is 2. The topological polar surface area (TPSA) is 46.3 Å². The molecule has 0 radical (unpaired) electrons. The number of fused-ring (bicyclic) bond motifs is 2. The van der Waals surface area contributed by atoms with Crippen molar-refractivity contribution in [3.63, 3.8) is 0 Å². The van der Waals surface area contributed by atoms with Crippen molar-refractivity contribution >= 4 is 5.91 Å². The summed E-state index contributed by atoms with van der Waals surface area (Å²) in [5.41, 5.74) is 5.90. The molecule has 80 valence electrons. The molecule has 0 aromatic rings. The molecule has 2 rings (SSSR count). The van der Waals surface area contributed by atoms with E-state index < -0.39 is 0 Å². The lowest BCUT2D eigenvalue weighted by atomic mass is 10.0. The lowest BCUT2D eigenvalue weighted by Gasteiger charge is -2.27. The number of carbonyl (C=O) groups excluding carboxylic acids is 1. The van der Waals surface area contributed by atoms with Gasteiger partial charge in [0.25, 0.3) is 0 Å². The van der Waals surface area contributed by atoms with Crippen molar-refractivity contribution in [1.29, 1.82) is 0 Å². The van der Waals surface area contributed by atoms with E-state index in [0.717, 1.165) is 0 Å². The molecule has 3 nitrogen and oxygen atoms in total. The van der Waals surface area contributed by atoms with E-state index in [-0.39, 0.29) is 17.9 Å². The number of hydrogen-bond donors (Lipinski definition) is 1. The van der Waals surface area contributed by atoms with Gasteiger partial charge in [0, 0.05) is 12.1 Å². The van der Waals surface area contributed by atoms with Crippen molar-refractivity contribution in [2.45, 2.75) is 57.7 Å². The molecule has 2 aliphatic heterocycles. The van der Waals surface area contributed by atoms with Gasteiger partial charge in [-0.05, 0) is 31.6 Å². The van der Waals surface area contributed by atoms with Crippen LogP contribution in [0.3, 0.4) is 0 Å². The number of carbonyl (C=O) groups is 1. The summed E-state index contributed by atoms with van der Waals surface area (Å²) in [6.07, 6.45) is 4.78. The molecule has 2 heterocycles. The van der Waals surface area contributed by atoms with Gasteiger partial charge in [-0.1, -0.05) is 13.8 Å². The van der Waals surface area contributed by atoms with Crippen molar-refractivity contribution in [2.75, 3.05) is 0 Å². The van der Waals surface area contributed by atoms with Gasteiger partial charge < -0.3 is 10.6 Å². The zero-order valence-electron chi connectivity index (χ0n) is 9.07. The van der Waals surface area contributed by atoms with Crippen LogP contribution in [0.2, 0.25) is 0 Å². The molecule has 0 unspecified atom stereocenters. The Kier molecular flexibility index (Phi) is 2.52. The van der Waals surface area contributed by atoms with Crippen LogP contribution in [0.25, 0.3) is 0 Å². The van der Waals surface area contributed by atoms with Crippen LogP contribution in [-0.2, 0) is 4.79 Å². The van der Waals surface area contributed by atoms with Gasteiger partial charge in [0.05, 0.1) is 6.04 Å². The van der Waals surface area contributed by atoms with Gasteiger partial charge in [0.1, 0.15) is 0 Å². The maximum absolute atomic E-state index is 12.0. The van der Waals surface area contributed by atoms with Gasteiger partial charge >= 0.3 is 0 Å². The second-order valence-corrected chi connectivity index (χ2v) is 4.98. The summed E-state index contributed by atoms with van der Waals surface area (Å²) in [5.74, 6) is 0.438. The van der Waals surface area contributed by atoms with E-state index in [9.17, 15) is 4.79 Å². The van der Waals surface area contributed by atoms with E-state index in [2.05, 4.69) is 4.90 Å². The minimum atomic E-state index is -0.295. The van der Waals surface area contributed by atoms with Crippen molar-refractivity contribution in [3.05, 3.63) is 0 Å². The second kappa shape index (κ2) is 3.54. The average Bonchev–Trinajstić information content (AvgIpc) is 2.74. The lowest BCUT2D eigenvalue weighted by Crippen LogP contribution is -2.48. The molecule has 0 spiro atoms. The monoisotopic (exact) mass is 196 g/mol. The van der Waals surface area contributed by atoms with Crippen LogP contribution in [0.5, 0.6) is 0 Å². The molecule has 1 atom stereocenters. The molecular formula is C11H20N2O. The van der Waals surface area contributed by atoms with Gasteiger partial charge in [-0.15, -0.1) is 0 Å². The van der Waals surface area contributed by atoms with Crippen LogP contribution in [0.4, 0.5) is 0 Å². The number of rotatable bonds is 2. The highest BCUT2D eigenvalue weighted by molar-refractivity contribution is 5.83. The highest BCUT2D eigenvalue weighted by Gasteiger charge is 2.43. The summed E-state index contributed by atoms with van der Waals surface area (Å²) >= 11 is 0. The Balaban J connectivity index is 2.05. The molecule has 2 saturated heterocycles. The van der Waals surface area contributed by atoms with E-state index in [1.807, 2.05) is 13.8 Å². The zero-order chi connectivity index (χ0) is 10.3. The molecule has 0 saturated carbocycles. The Hall–Kier alpha value is -0.570. The highest BCUT2D eigenvalue weighted by atomic mass is 16.2. The fourth-order valence-electron chi connectivity index (χ4n) is 2.73. The van der Waals surface area contributed by atoms with Crippen LogP contribution in [-0.4, -0.2) is 28.9 Å². The third kappa shape index (κ3) is 1.44. The maximum Gasteiger partial charge on any atom is 0.240 e. The Morgan fingerprint density at radius 1 is 1.21 bits per heavy atom. The van der Waals surface area contributed by atoms with E-state index in [4.69, 9.17) is 5.73 Å². The predicted octanol–water partition coefficient (Wildman–Crippen LogP) is 1.12. The first-order valence-corrected chi connectivity index (χ1v) is 5.69. The Morgan fingerprint density at radius 2 is 1.64 bits per heavy atom. The average molecular weight is 196 g/mol. The van der Waals surface area contributed by atoms with Gasteiger partial charge in [0.15, 0.2) is 0 Å². The molecule has 14 heavy (non-hydrogen) atoms. The van der Waals surface area contributed by atoms with Crippen LogP contribution in [0.1, 0.15) is 39.5 Å². The Morgan fingerprint density at radius 3 is 2.00 bits per heavy atom. The molecule has 0 aromatic carbocycles. The van der Waals surface area contributed by atoms with Crippen molar-refractivity contribution in [1.82, 2.24) is 4.90 Å². The highest BCUT2D eigenvalue weighted by Crippen LogP contribution is 2.37. The SMILES string of the molecule is CC(C)[C@@H](N)C(=O)N1C2CCC1CC2. The van der Waals surface area contributed by atoms with Gasteiger partial charge in [0.2, 0.25) is 5.91 Å². The molecule has 3 heteroatoms. The second-order valence-electron chi connectivity index (χ2n) is 4.98. The van der Waals surface area contributed by atoms with E-state index in [0.29, 0.717) is 12.1 Å².